The van der Waals surface area contributed by atoms with Crippen LogP contribution in [-0.2, 0) is 0 Å². The van der Waals surface area contributed by atoms with Crippen LogP contribution in [0.15, 0.2) is 24.3 Å². The summed E-state index contributed by atoms with van der Waals surface area (Å²) >= 11 is 0. The molecule has 15 heavy (non-hydrogen) atoms. The summed E-state index contributed by atoms with van der Waals surface area (Å²) in [6.45, 7) is 1.25. The van der Waals surface area contributed by atoms with Crippen LogP contribution in [0.25, 0.3) is 0 Å². The second-order valence-corrected chi connectivity index (χ2v) is 4.63. The lowest BCUT2D eigenvalue weighted by molar-refractivity contribution is 0.457. The molecule has 1 saturated heterocycles. The summed E-state index contributed by atoms with van der Waals surface area (Å²) in [7, 11) is 2.08. The molecule has 2 aliphatic rings. The number of benzene rings is 1. The lowest BCUT2D eigenvalue weighted by Crippen LogP contribution is -2.38. The predicted octanol–water partition coefficient (Wildman–Crippen LogP) is 2.32. The molecule has 2 heteroatoms. The Morgan fingerprint density at radius 2 is 2.20 bits per heavy atom. The highest BCUT2D eigenvalue weighted by atomic mass is 15.2. The van der Waals surface area contributed by atoms with Gasteiger partial charge in [0, 0.05) is 24.3 Å². The van der Waals surface area contributed by atoms with E-state index < -0.39 is 0 Å². The van der Waals surface area contributed by atoms with Crippen molar-refractivity contribution in [3.63, 3.8) is 0 Å². The van der Waals surface area contributed by atoms with E-state index in [-0.39, 0.29) is 0 Å². The zero-order chi connectivity index (χ0) is 10.3. The number of hydrogen-bond donors (Lipinski definition) is 1. The van der Waals surface area contributed by atoms with E-state index in [1.54, 1.807) is 0 Å². The van der Waals surface area contributed by atoms with Gasteiger partial charge in [-0.05, 0) is 37.9 Å². The van der Waals surface area contributed by atoms with E-state index in [1.807, 2.05) is 0 Å². The van der Waals surface area contributed by atoms with Gasteiger partial charge in [0.15, 0.2) is 0 Å². The molecular weight excluding hydrogens is 184 g/mol. The molecule has 2 heterocycles. The lowest BCUT2D eigenvalue weighted by Gasteiger charge is -2.38. The van der Waals surface area contributed by atoms with Crippen LogP contribution in [-0.4, -0.2) is 19.6 Å². The number of hydrogen-bond acceptors (Lipinski definition) is 2. The summed E-state index contributed by atoms with van der Waals surface area (Å²) in [5, 5.41) is 3.45. The number of para-hydroxylation sites is 1. The van der Waals surface area contributed by atoms with Crippen molar-refractivity contribution in [3.8, 4) is 0 Å². The first kappa shape index (κ1) is 9.22. The summed E-state index contributed by atoms with van der Waals surface area (Å²) in [5.74, 6) is 0. The fourth-order valence-corrected chi connectivity index (χ4v) is 3.11. The molecule has 2 unspecified atom stereocenters. The van der Waals surface area contributed by atoms with Crippen molar-refractivity contribution < 1.29 is 0 Å². The van der Waals surface area contributed by atoms with Gasteiger partial charge in [0.1, 0.15) is 0 Å². The zero-order valence-corrected chi connectivity index (χ0v) is 9.24. The van der Waals surface area contributed by atoms with Crippen LogP contribution in [0.4, 0.5) is 5.69 Å². The summed E-state index contributed by atoms with van der Waals surface area (Å²) in [6, 6.07) is 10.2. The van der Waals surface area contributed by atoms with Gasteiger partial charge in [0.2, 0.25) is 0 Å². The Labute approximate surface area is 91.3 Å². The van der Waals surface area contributed by atoms with Crippen LogP contribution >= 0.6 is 0 Å². The third-order valence-electron chi connectivity index (χ3n) is 3.85. The highest BCUT2D eigenvalue weighted by Crippen LogP contribution is 2.40. The lowest BCUT2D eigenvalue weighted by atomic mass is 9.92. The van der Waals surface area contributed by atoms with Crippen molar-refractivity contribution in [1.29, 1.82) is 0 Å². The highest BCUT2D eigenvalue weighted by Gasteiger charge is 2.34. The standard InChI is InChI=1S/C13H18N2/c1-14-12-9-10-5-4-8-15(10)13-7-3-2-6-11(12)13/h2-3,6-7,10,12,14H,4-5,8-9H2,1H3. The van der Waals surface area contributed by atoms with Gasteiger partial charge in [-0.15, -0.1) is 0 Å². The normalized spacial score (nSPS) is 28.7. The summed E-state index contributed by atoms with van der Waals surface area (Å²) in [4.78, 5) is 2.60. The second kappa shape index (κ2) is 3.53. The molecule has 2 aliphatic heterocycles. The summed E-state index contributed by atoms with van der Waals surface area (Å²) in [6.07, 6.45) is 4.00. The maximum Gasteiger partial charge on any atom is 0.0417 e. The van der Waals surface area contributed by atoms with Crippen LogP contribution in [0.5, 0.6) is 0 Å². The first-order valence-electron chi connectivity index (χ1n) is 5.93. The van der Waals surface area contributed by atoms with Gasteiger partial charge in [-0.2, -0.15) is 0 Å². The molecule has 0 aromatic heterocycles. The molecule has 2 atom stereocenters. The molecule has 2 nitrogen and oxygen atoms in total. The quantitative estimate of drug-likeness (QED) is 0.752. The molecule has 0 amide bonds. The van der Waals surface area contributed by atoms with E-state index in [9.17, 15) is 0 Å². The Hall–Kier alpha value is -1.02. The fraction of sp³-hybridized carbons (Fsp3) is 0.538. The smallest absolute Gasteiger partial charge is 0.0417 e. The van der Waals surface area contributed by atoms with Crippen LogP contribution in [0.1, 0.15) is 30.9 Å². The largest absolute Gasteiger partial charge is 0.368 e. The van der Waals surface area contributed by atoms with Gasteiger partial charge in [0.25, 0.3) is 0 Å². The maximum atomic E-state index is 3.45. The molecule has 0 saturated carbocycles. The summed E-state index contributed by atoms with van der Waals surface area (Å²) < 4.78 is 0. The molecule has 80 valence electrons. The molecule has 1 N–H and O–H groups in total. The van der Waals surface area contributed by atoms with Crippen molar-refractivity contribution in [3.05, 3.63) is 29.8 Å². The molecule has 0 bridgehead atoms. The Balaban J connectivity index is 2.06. The molecular formula is C13H18N2. The monoisotopic (exact) mass is 202 g/mol. The highest BCUT2D eigenvalue weighted by molar-refractivity contribution is 5.58. The average molecular weight is 202 g/mol. The van der Waals surface area contributed by atoms with Crippen molar-refractivity contribution in [2.45, 2.75) is 31.3 Å². The van der Waals surface area contributed by atoms with Gasteiger partial charge in [0.05, 0.1) is 0 Å². The van der Waals surface area contributed by atoms with Crippen LogP contribution < -0.4 is 10.2 Å². The van der Waals surface area contributed by atoms with Crippen LogP contribution in [0.3, 0.4) is 0 Å². The molecule has 1 fully saturated rings. The maximum absolute atomic E-state index is 3.45. The van der Waals surface area contributed by atoms with Crippen molar-refractivity contribution in [1.82, 2.24) is 5.32 Å². The van der Waals surface area contributed by atoms with E-state index >= 15 is 0 Å². The minimum atomic E-state index is 0.556. The van der Waals surface area contributed by atoms with Gasteiger partial charge in [-0.25, -0.2) is 0 Å². The van der Waals surface area contributed by atoms with E-state index in [1.165, 1.54) is 37.1 Å². The zero-order valence-electron chi connectivity index (χ0n) is 9.24. The first-order valence-corrected chi connectivity index (χ1v) is 5.93. The average Bonchev–Trinajstić information content (AvgIpc) is 2.76. The number of nitrogens with zero attached hydrogens (tertiary/aromatic N) is 1. The Morgan fingerprint density at radius 1 is 1.33 bits per heavy atom. The van der Waals surface area contributed by atoms with Gasteiger partial charge >= 0.3 is 0 Å². The van der Waals surface area contributed by atoms with Crippen LogP contribution in [0.2, 0.25) is 0 Å². The SMILES string of the molecule is CNC1CC2CCCN2c2ccccc21. The van der Waals surface area contributed by atoms with E-state index in [0.717, 1.165) is 6.04 Å². The minimum absolute atomic E-state index is 0.556. The van der Waals surface area contributed by atoms with E-state index in [0.29, 0.717) is 6.04 Å². The number of nitrogens with one attached hydrogen (secondary N) is 1. The number of fused-ring (bicyclic) bond motifs is 3. The Bertz CT molecular complexity index is 361. The van der Waals surface area contributed by atoms with Gasteiger partial charge < -0.3 is 10.2 Å². The molecule has 0 aliphatic carbocycles. The molecule has 0 spiro atoms. The number of anilines is 1. The Morgan fingerprint density at radius 3 is 3.07 bits per heavy atom. The van der Waals surface area contributed by atoms with E-state index in [4.69, 9.17) is 0 Å². The van der Waals surface area contributed by atoms with Gasteiger partial charge in [-0.1, -0.05) is 18.2 Å². The van der Waals surface area contributed by atoms with Crippen molar-refractivity contribution >= 4 is 5.69 Å². The van der Waals surface area contributed by atoms with Gasteiger partial charge in [-0.3, -0.25) is 0 Å². The predicted molar refractivity (Wildman–Crippen MR) is 63.2 cm³/mol. The first-order chi connectivity index (χ1) is 7.40. The summed E-state index contributed by atoms with van der Waals surface area (Å²) in [5.41, 5.74) is 2.95. The fourth-order valence-electron chi connectivity index (χ4n) is 3.11. The third-order valence-corrected chi connectivity index (χ3v) is 3.85. The van der Waals surface area contributed by atoms with Crippen molar-refractivity contribution in [2.75, 3.05) is 18.5 Å². The molecule has 0 radical (unpaired) electrons. The molecule has 1 aromatic rings. The number of rotatable bonds is 1. The van der Waals surface area contributed by atoms with Crippen LogP contribution in [0, 0.1) is 0 Å². The third kappa shape index (κ3) is 1.36. The van der Waals surface area contributed by atoms with E-state index in [2.05, 4.69) is 41.5 Å². The molecule has 3 rings (SSSR count). The second-order valence-electron chi connectivity index (χ2n) is 4.63. The minimum Gasteiger partial charge on any atom is -0.368 e. The van der Waals surface area contributed by atoms with Crippen molar-refractivity contribution in [2.24, 2.45) is 0 Å². The molecule has 1 aromatic carbocycles. The Kier molecular flexibility index (Phi) is 2.17. The topological polar surface area (TPSA) is 15.3 Å².